The predicted octanol–water partition coefficient (Wildman–Crippen LogP) is 1.90. The molecule has 0 saturated carbocycles. The van der Waals surface area contributed by atoms with E-state index in [-0.39, 0.29) is 18.6 Å². The number of carboxylic acid groups (broad SMARTS) is 1. The second-order valence-corrected chi connectivity index (χ2v) is 4.37. The lowest BCUT2D eigenvalue weighted by molar-refractivity contribution is -0.175. The second-order valence-electron chi connectivity index (χ2n) is 4.37. The number of carbonyl (C=O) groups excluding carboxylic acids is 1. The zero-order valence-corrected chi connectivity index (χ0v) is 11.4. The molecule has 0 fully saturated rings. The molecule has 5 nitrogen and oxygen atoms in total. The van der Waals surface area contributed by atoms with E-state index >= 15 is 0 Å². The van der Waals surface area contributed by atoms with Crippen molar-refractivity contribution in [2.75, 3.05) is 7.11 Å². The van der Waals surface area contributed by atoms with Crippen LogP contribution in [0.5, 0.6) is 5.75 Å². The number of halogens is 4. The molecule has 2 N–H and O–H groups in total. The third kappa shape index (κ3) is 4.90. The maximum atomic E-state index is 13.4. The summed E-state index contributed by atoms with van der Waals surface area (Å²) in [6.07, 6.45) is -5.52. The van der Waals surface area contributed by atoms with Crippen LogP contribution < -0.4 is 10.1 Å². The predicted molar refractivity (Wildman–Crippen MR) is 66.9 cm³/mol. The summed E-state index contributed by atoms with van der Waals surface area (Å²) in [7, 11) is 1.27. The van der Waals surface area contributed by atoms with E-state index in [1.54, 1.807) is 0 Å². The summed E-state index contributed by atoms with van der Waals surface area (Å²) < 4.78 is 54.5. The first-order valence-electron chi connectivity index (χ1n) is 6.08. The number of ether oxygens (including phenoxy) is 1. The number of carboxylic acids is 1. The van der Waals surface area contributed by atoms with Crippen molar-refractivity contribution < 1.29 is 37.0 Å². The average molecular weight is 323 g/mol. The number of hydrogen-bond donors (Lipinski definition) is 2. The Kier molecular flexibility index (Phi) is 5.72. The summed E-state index contributed by atoms with van der Waals surface area (Å²) >= 11 is 0. The van der Waals surface area contributed by atoms with Crippen molar-refractivity contribution in [3.63, 3.8) is 0 Å². The van der Waals surface area contributed by atoms with E-state index in [9.17, 15) is 27.2 Å². The molecule has 122 valence electrons. The Morgan fingerprint density at radius 3 is 2.45 bits per heavy atom. The number of nitrogens with one attached hydrogen (secondary N) is 1. The van der Waals surface area contributed by atoms with Gasteiger partial charge in [0.25, 0.3) is 0 Å². The van der Waals surface area contributed by atoms with Gasteiger partial charge in [-0.1, -0.05) is 6.07 Å². The van der Waals surface area contributed by atoms with Gasteiger partial charge in [0.05, 0.1) is 7.11 Å². The number of hydrogen-bond acceptors (Lipinski definition) is 3. The molecule has 1 rings (SSSR count). The normalized spacial score (nSPS) is 12.6. The number of methoxy groups -OCH3 is 1. The van der Waals surface area contributed by atoms with Gasteiger partial charge in [0.15, 0.2) is 11.6 Å². The Balaban J connectivity index is 2.71. The van der Waals surface area contributed by atoms with Gasteiger partial charge < -0.3 is 15.2 Å². The summed E-state index contributed by atoms with van der Waals surface area (Å²) in [6, 6.07) is 2.13. The summed E-state index contributed by atoms with van der Waals surface area (Å²) in [6.45, 7) is 0. The van der Waals surface area contributed by atoms with Crippen LogP contribution in [0.25, 0.3) is 0 Å². The van der Waals surface area contributed by atoms with Crippen LogP contribution in [0.2, 0.25) is 0 Å². The van der Waals surface area contributed by atoms with Crippen molar-refractivity contribution in [3.8, 4) is 5.75 Å². The molecule has 0 aliphatic heterocycles. The molecule has 0 aliphatic carbocycles. The molecule has 0 aromatic heterocycles. The van der Waals surface area contributed by atoms with E-state index in [1.165, 1.54) is 24.6 Å². The number of amides is 1. The molecule has 0 heterocycles. The minimum Gasteiger partial charge on any atom is -0.494 e. The number of carbonyl (C=O) groups is 2. The van der Waals surface area contributed by atoms with Gasteiger partial charge in [-0.25, -0.2) is 9.18 Å². The van der Waals surface area contributed by atoms with E-state index in [4.69, 9.17) is 9.84 Å². The van der Waals surface area contributed by atoms with Gasteiger partial charge in [0, 0.05) is 0 Å². The van der Waals surface area contributed by atoms with Crippen LogP contribution in [0.3, 0.4) is 0 Å². The van der Waals surface area contributed by atoms with Crippen LogP contribution in [0.1, 0.15) is 12.0 Å². The van der Waals surface area contributed by atoms with Crippen molar-refractivity contribution in [2.24, 2.45) is 0 Å². The van der Waals surface area contributed by atoms with Gasteiger partial charge in [0.1, 0.15) is 6.04 Å². The lowest BCUT2D eigenvalue weighted by atomic mass is 10.0. The third-order valence-corrected chi connectivity index (χ3v) is 2.80. The minimum absolute atomic E-state index is 0.0103. The van der Waals surface area contributed by atoms with Crippen LogP contribution in [0.4, 0.5) is 17.6 Å². The lowest BCUT2D eigenvalue weighted by Gasteiger charge is -2.15. The van der Waals surface area contributed by atoms with Gasteiger partial charge in [-0.05, 0) is 30.5 Å². The fraction of sp³-hybridized carbons (Fsp3) is 0.385. The largest absolute Gasteiger partial charge is 0.494 e. The summed E-state index contributed by atoms with van der Waals surface area (Å²) in [5.74, 6) is -4.62. The SMILES string of the molecule is COc1ccc(CC[C@H](NC(=O)C(F)(F)F)C(=O)O)cc1F. The van der Waals surface area contributed by atoms with Gasteiger partial charge >= 0.3 is 18.1 Å². The number of benzene rings is 1. The van der Waals surface area contributed by atoms with E-state index in [1.807, 2.05) is 0 Å². The maximum Gasteiger partial charge on any atom is 0.471 e. The molecule has 1 aromatic rings. The zero-order valence-electron chi connectivity index (χ0n) is 11.4. The van der Waals surface area contributed by atoms with E-state index < -0.39 is 29.9 Å². The minimum atomic E-state index is -5.17. The first-order chi connectivity index (χ1) is 10.1. The number of aryl methyl sites for hydroxylation is 1. The Labute approximate surface area is 122 Å². The van der Waals surface area contributed by atoms with Crippen LogP contribution in [-0.4, -0.2) is 36.3 Å². The molecule has 0 unspecified atom stereocenters. The summed E-state index contributed by atoms with van der Waals surface area (Å²) in [4.78, 5) is 21.6. The first kappa shape index (κ1) is 17.7. The fourth-order valence-electron chi connectivity index (χ4n) is 1.67. The Bertz CT molecular complexity index is 559. The third-order valence-electron chi connectivity index (χ3n) is 2.80. The molecular weight excluding hydrogens is 310 g/mol. The van der Waals surface area contributed by atoms with Gasteiger partial charge in [-0.15, -0.1) is 0 Å². The summed E-state index contributed by atoms with van der Waals surface area (Å²) in [5, 5.41) is 10.2. The average Bonchev–Trinajstić information content (AvgIpc) is 2.41. The van der Waals surface area contributed by atoms with Crippen LogP contribution in [0, 0.1) is 5.82 Å². The standard InChI is InChI=1S/C13H13F4NO4/c1-22-10-5-3-7(6-8(10)14)2-4-9(11(19)20)18-12(21)13(15,16)17/h3,5-6,9H,2,4H2,1H3,(H,18,21)(H,19,20)/t9-/m0/s1. The molecule has 0 saturated heterocycles. The van der Waals surface area contributed by atoms with Gasteiger partial charge in [-0.2, -0.15) is 13.2 Å². The van der Waals surface area contributed by atoms with E-state index in [0.29, 0.717) is 5.56 Å². The molecule has 1 atom stereocenters. The van der Waals surface area contributed by atoms with Crippen molar-refractivity contribution in [3.05, 3.63) is 29.6 Å². The van der Waals surface area contributed by atoms with Crippen LogP contribution in [-0.2, 0) is 16.0 Å². The molecule has 1 aromatic carbocycles. The maximum absolute atomic E-state index is 13.4. The zero-order chi connectivity index (χ0) is 16.9. The monoisotopic (exact) mass is 323 g/mol. The van der Waals surface area contributed by atoms with Crippen molar-refractivity contribution >= 4 is 11.9 Å². The van der Waals surface area contributed by atoms with E-state index in [2.05, 4.69) is 0 Å². The second kappa shape index (κ2) is 7.10. The van der Waals surface area contributed by atoms with Crippen LogP contribution in [0.15, 0.2) is 18.2 Å². The molecular formula is C13H13F4NO4. The molecule has 0 spiro atoms. The summed E-state index contributed by atoms with van der Waals surface area (Å²) in [5.41, 5.74) is 0.366. The molecule has 0 radical (unpaired) electrons. The Morgan fingerprint density at radius 2 is 2.00 bits per heavy atom. The number of aliphatic carboxylic acids is 1. The number of alkyl halides is 3. The Hall–Kier alpha value is -2.32. The van der Waals surface area contributed by atoms with Crippen molar-refractivity contribution in [2.45, 2.75) is 25.1 Å². The highest BCUT2D eigenvalue weighted by atomic mass is 19.4. The van der Waals surface area contributed by atoms with E-state index in [0.717, 1.165) is 6.07 Å². The topological polar surface area (TPSA) is 75.6 Å². The lowest BCUT2D eigenvalue weighted by Crippen LogP contribution is -2.47. The molecule has 9 heteroatoms. The first-order valence-corrected chi connectivity index (χ1v) is 6.08. The quantitative estimate of drug-likeness (QED) is 0.784. The van der Waals surface area contributed by atoms with Crippen molar-refractivity contribution in [1.29, 1.82) is 0 Å². The van der Waals surface area contributed by atoms with Crippen molar-refractivity contribution in [1.82, 2.24) is 5.32 Å². The highest BCUT2D eigenvalue weighted by Crippen LogP contribution is 2.19. The molecule has 0 aliphatic rings. The van der Waals surface area contributed by atoms with Crippen LogP contribution >= 0.6 is 0 Å². The van der Waals surface area contributed by atoms with Gasteiger partial charge in [-0.3, -0.25) is 4.79 Å². The molecule has 0 bridgehead atoms. The number of rotatable bonds is 6. The smallest absolute Gasteiger partial charge is 0.471 e. The highest BCUT2D eigenvalue weighted by molar-refractivity contribution is 5.86. The molecule has 1 amide bonds. The Morgan fingerprint density at radius 1 is 1.36 bits per heavy atom. The molecule has 22 heavy (non-hydrogen) atoms. The fourth-order valence-corrected chi connectivity index (χ4v) is 1.67. The highest BCUT2D eigenvalue weighted by Gasteiger charge is 2.40. The van der Waals surface area contributed by atoms with Gasteiger partial charge in [0.2, 0.25) is 0 Å².